The first-order valence-electron chi connectivity index (χ1n) is 8.22. The fourth-order valence-corrected chi connectivity index (χ4v) is 3.00. The van der Waals surface area contributed by atoms with Crippen LogP contribution in [0.5, 0.6) is 11.5 Å². The van der Waals surface area contributed by atoms with Crippen LogP contribution in [0.2, 0.25) is 0 Å². The smallest absolute Gasteiger partial charge is 0.418 e. The molecule has 27 heavy (non-hydrogen) atoms. The molecule has 0 unspecified atom stereocenters. The SMILES string of the molecule is CCCNc1c(OC)cc(COc2ccccc2SN)c(C(F)(F)F)c1N. The van der Waals surface area contributed by atoms with Gasteiger partial charge in [0.15, 0.2) is 0 Å². The Hall–Kier alpha value is -2.26. The fraction of sp³-hybridized carbons (Fsp3) is 0.333. The Morgan fingerprint density at radius 3 is 2.48 bits per heavy atom. The number of anilines is 2. The summed E-state index contributed by atoms with van der Waals surface area (Å²) < 4.78 is 51.9. The lowest BCUT2D eigenvalue weighted by molar-refractivity contribution is -0.137. The molecule has 5 nitrogen and oxygen atoms in total. The molecule has 0 aliphatic heterocycles. The lowest BCUT2D eigenvalue weighted by Gasteiger charge is -2.22. The van der Waals surface area contributed by atoms with E-state index in [0.717, 1.165) is 18.4 Å². The fourth-order valence-electron chi connectivity index (χ4n) is 2.60. The highest BCUT2D eigenvalue weighted by Gasteiger charge is 2.38. The van der Waals surface area contributed by atoms with Crippen molar-refractivity contribution in [1.82, 2.24) is 0 Å². The maximum Gasteiger partial charge on any atom is 0.418 e. The van der Waals surface area contributed by atoms with Gasteiger partial charge in [0.05, 0.1) is 23.3 Å². The number of nitrogens with two attached hydrogens (primary N) is 2. The summed E-state index contributed by atoms with van der Waals surface area (Å²) >= 11 is 0.956. The monoisotopic (exact) mass is 401 g/mol. The molecule has 0 aliphatic carbocycles. The van der Waals surface area contributed by atoms with E-state index in [9.17, 15) is 13.2 Å². The van der Waals surface area contributed by atoms with E-state index < -0.39 is 17.4 Å². The van der Waals surface area contributed by atoms with Crippen LogP contribution in [0.15, 0.2) is 35.2 Å². The minimum absolute atomic E-state index is 0.115. The molecule has 0 heterocycles. The second-order valence-electron chi connectivity index (χ2n) is 5.68. The van der Waals surface area contributed by atoms with Gasteiger partial charge in [0.2, 0.25) is 0 Å². The average molecular weight is 401 g/mol. The van der Waals surface area contributed by atoms with Gasteiger partial charge in [-0.2, -0.15) is 13.2 Å². The van der Waals surface area contributed by atoms with Crippen molar-refractivity contribution in [1.29, 1.82) is 0 Å². The van der Waals surface area contributed by atoms with E-state index in [4.69, 9.17) is 20.3 Å². The van der Waals surface area contributed by atoms with E-state index >= 15 is 0 Å². The lowest BCUT2D eigenvalue weighted by atomic mass is 10.0. The lowest BCUT2D eigenvalue weighted by Crippen LogP contribution is -2.17. The van der Waals surface area contributed by atoms with E-state index in [0.29, 0.717) is 17.2 Å². The van der Waals surface area contributed by atoms with Gasteiger partial charge in [-0.15, -0.1) is 0 Å². The maximum absolute atomic E-state index is 13.7. The molecule has 0 radical (unpaired) electrons. The Balaban J connectivity index is 2.46. The molecule has 0 fully saturated rings. The number of nitrogens with one attached hydrogen (secondary N) is 1. The third-order valence-corrected chi connectivity index (χ3v) is 4.42. The van der Waals surface area contributed by atoms with Gasteiger partial charge in [-0.25, -0.2) is 0 Å². The maximum atomic E-state index is 13.7. The summed E-state index contributed by atoms with van der Waals surface area (Å²) in [5.74, 6) is 0.623. The van der Waals surface area contributed by atoms with E-state index in [1.807, 2.05) is 6.92 Å². The number of benzene rings is 2. The Labute approximate surface area is 160 Å². The highest BCUT2D eigenvalue weighted by Crippen LogP contribution is 2.44. The molecule has 0 atom stereocenters. The first-order valence-corrected chi connectivity index (χ1v) is 9.10. The van der Waals surface area contributed by atoms with E-state index in [2.05, 4.69) is 5.32 Å². The molecule has 2 rings (SSSR count). The second kappa shape index (κ2) is 9.09. The number of hydrogen-bond donors (Lipinski definition) is 3. The van der Waals surface area contributed by atoms with E-state index in [1.165, 1.54) is 13.2 Å². The van der Waals surface area contributed by atoms with Crippen molar-refractivity contribution < 1.29 is 22.6 Å². The summed E-state index contributed by atoms with van der Waals surface area (Å²) in [4.78, 5) is 0.618. The molecule has 148 valence electrons. The Morgan fingerprint density at radius 2 is 1.89 bits per heavy atom. The summed E-state index contributed by atoms with van der Waals surface area (Å²) in [5, 5.41) is 8.47. The predicted octanol–water partition coefficient (Wildman–Crippen LogP) is 4.66. The quantitative estimate of drug-likeness (QED) is 0.441. The van der Waals surface area contributed by atoms with Crippen molar-refractivity contribution in [2.45, 2.75) is 31.0 Å². The molecule has 2 aromatic carbocycles. The third-order valence-electron chi connectivity index (χ3n) is 3.83. The van der Waals surface area contributed by atoms with Crippen LogP contribution in [-0.4, -0.2) is 13.7 Å². The van der Waals surface area contributed by atoms with Crippen LogP contribution in [-0.2, 0) is 12.8 Å². The predicted molar refractivity (Wildman–Crippen MR) is 102 cm³/mol. The van der Waals surface area contributed by atoms with Gasteiger partial charge in [-0.05, 0) is 36.6 Å². The Morgan fingerprint density at radius 1 is 1.19 bits per heavy atom. The van der Waals surface area contributed by atoms with Crippen molar-refractivity contribution >= 4 is 23.3 Å². The Kier molecular flexibility index (Phi) is 7.09. The molecule has 0 amide bonds. The van der Waals surface area contributed by atoms with E-state index in [-0.39, 0.29) is 23.6 Å². The Bertz CT molecular complexity index is 785. The minimum atomic E-state index is -4.64. The first kappa shape index (κ1) is 21.0. The van der Waals surface area contributed by atoms with Crippen LogP contribution < -0.4 is 25.7 Å². The van der Waals surface area contributed by atoms with Crippen molar-refractivity contribution in [3.8, 4) is 11.5 Å². The van der Waals surface area contributed by atoms with Gasteiger partial charge < -0.3 is 20.5 Å². The number of alkyl halides is 3. The van der Waals surface area contributed by atoms with Crippen molar-refractivity contribution in [2.75, 3.05) is 24.7 Å². The first-order chi connectivity index (χ1) is 12.8. The number of para-hydroxylation sites is 1. The molecular formula is C18H22F3N3O2S. The second-order valence-corrected chi connectivity index (χ2v) is 6.35. The number of halogens is 3. The standard InChI is InChI=1S/C18H22F3N3O2S/c1-3-8-24-17-13(25-2)9-11(15(16(17)22)18(19,20)21)10-26-12-6-4-5-7-14(12)27-23/h4-7,9,24H,3,8,10,22-23H2,1-2H3. The zero-order valence-electron chi connectivity index (χ0n) is 15.0. The largest absolute Gasteiger partial charge is 0.494 e. The van der Waals surface area contributed by atoms with E-state index in [1.54, 1.807) is 24.3 Å². The van der Waals surface area contributed by atoms with Gasteiger partial charge in [-0.3, -0.25) is 5.14 Å². The molecule has 5 N–H and O–H groups in total. The highest BCUT2D eigenvalue weighted by atomic mass is 32.2. The van der Waals surface area contributed by atoms with Gasteiger partial charge in [0.25, 0.3) is 0 Å². The topological polar surface area (TPSA) is 82.5 Å². The zero-order valence-corrected chi connectivity index (χ0v) is 15.8. The molecule has 0 saturated heterocycles. The molecule has 0 aromatic heterocycles. The zero-order chi connectivity index (χ0) is 20.0. The average Bonchev–Trinajstić information content (AvgIpc) is 2.64. The molecule has 2 aromatic rings. The van der Waals surface area contributed by atoms with Gasteiger partial charge in [0.1, 0.15) is 23.8 Å². The van der Waals surface area contributed by atoms with Gasteiger partial charge in [0, 0.05) is 12.1 Å². The number of ether oxygens (including phenoxy) is 2. The number of nitrogen functional groups attached to an aromatic ring is 1. The van der Waals surface area contributed by atoms with Crippen LogP contribution >= 0.6 is 11.9 Å². The number of rotatable bonds is 8. The van der Waals surface area contributed by atoms with Crippen LogP contribution in [0, 0.1) is 0 Å². The number of methoxy groups -OCH3 is 1. The summed E-state index contributed by atoms with van der Waals surface area (Å²) in [6, 6.07) is 8.14. The summed E-state index contributed by atoms with van der Waals surface area (Å²) in [7, 11) is 1.38. The molecular weight excluding hydrogens is 379 g/mol. The summed E-state index contributed by atoms with van der Waals surface area (Å²) in [6.45, 7) is 2.03. The van der Waals surface area contributed by atoms with Crippen LogP contribution in [0.4, 0.5) is 24.5 Å². The normalized spacial score (nSPS) is 11.3. The van der Waals surface area contributed by atoms with Crippen molar-refractivity contribution in [3.63, 3.8) is 0 Å². The van der Waals surface area contributed by atoms with Crippen molar-refractivity contribution in [3.05, 3.63) is 41.5 Å². The molecule has 0 bridgehead atoms. The number of hydrogen-bond acceptors (Lipinski definition) is 6. The van der Waals surface area contributed by atoms with Crippen LogP contribution in [0.3, 0.4) is 0 Å². The third kappa shape index (κ3) is 4.92. The van der Waals surface area contributed by atoms with Gasteiger partial charge >= 0.3 is 6.18 Å². The molecule has 9 heteroatoms. The van der Waals surface area contributed by atoms with Crippen LogP contribution in [0.25, 0.3) is 0 Å². The molecule has 0 aliphatic rings. The van der Waals surface area contributed by atoms with Crippen molar-refractivity contribution in [2.24, 2.45) is 5.14 Å². The molecule has 0 spiro atoms. The molecule has 0 saturated carbocycles. The van der Waals surface area contributed by atoms with Gasteiger partial charge in [-0.1, -0.05) is 19.1 Å². The summed E-state index contributed by atoms with van der Waals surface area (Å²) in [6.07, 6.45) is -3.91. The van der Waals surface area contributed by atoms with Crippen LogP contribution in [0.1, 0.15) is 24.5 Å². The summed E-state index contributed by atoms with van der Waals surface area (Å²) in [5.41, 5.74) is 4.55. The minimum Gasteiger partial charge on any atom is -0.494 e. The highest BCUT2D eigenvalue weighted by molar-refractivity contribution is 7.97.